The lowest BCUT2D eigenvalue weighted by molar-refractivity contribution is 0.357. The van der Waals surface area contributed by atoms with Gasteiger partial charge in [0.15, 0.2) is 0 Å². The molecule has 22 heavy (non-hydrogen) atoms. The number of nitrogen functional groups attached to an aromatic ring is 1. The van der Waals surface area contributed by atoms with Gasteiger partial charge in [-0.3, -0.25) is 4.98 Å². The normalized spacial score (nSPS) is 13.0. The third-order valence-corrected chi connectivity index (χ3v) is 3.97. The fourth-order valence-corrected chi connectivity index (χ4v) is 2.72. The molecule has 3 heterocycles. The molecule has 5 heteroatoms. The maximum absolute atomic E-state index is 6.23. The number of nitrogens with two attached hydrogens (primary N) is 1. The van der Waals surface area contributed by atoms with Crippen molar-refractivity contribution < 1.29 is 4.74 Å². The molecule has 1 aliphatic heterocycles. The van der Waals surface area contributed by atoms with E-state index in [1.807, 2.05) is 49.5 Å². The lowest BCUT2D eigenvalue weighted by Crippen LogP contribution is -2.01. The predicted octanol–water partition coefficient (Wildman–Crippen LogP) is 2.76. The smallest absolute Gasteiger partial charge is 0.141 e. The van der Waals surface area contributed by atoms with Crippen molar-refractivity contribution in [1.82, 2.24) is 14.8 Å². The van der Waals surface area contributed by atoms with Crippen LogP contribution in [0.15, 0.2) is 42.6 Å². The Bertz CT molecular complexity index is 839. The Balaban J connectivity index is 1.83. The first-order valence-corrected chi connectivity index (χ1v) is 7.26. The Hall–Kier alpha value is -2.82. The summed E-state index contributed by atoms with van der Waals surface area (Å²) >= 11 is 0. The van der Waals surface area contributed by atoms with Crippen LogP contribution in [0.1, 0.15) is 11.3 Å². The van der Waals surface area contributed by atoms with Crippen molar-refractivity contribution in [3.8, 4) is 22.7 Å². The Morgan fingerprint density at radius 1 is 1.23 bits per heavy atom. The average Bonchev–Trinajstić information content (AvgIpc) is 3.13. The number of fused-ring (bicyclic) bond motifs is 1. The fourth-order valence-electron chi connectivity index (χ4n) is 2.72. The lowest BCUT2D eigenvalue weighted by Gasteiger charge is -2.03. The molecule has 2 aromatic heterocycles. The van der Waals surface area contributed by atoms with E-state index in [-0.39, 0.29) is 0 Å². The molecule has 3 aromatic rings. The molecular weight excluding hydrogens is 276 g/mol. The minimum atomic E-state index is 0.641. The second kappa shape index (κ2) is 4.87. The molecule has 0 fully saturated rings. The van der Waals surface area contributed by atoms with Crippen molar-refractivity contribution in [1.29, 1.82) is 0 Å². The monoisotopic (exact) mass is 292 g/mol. The van der Waals surface area contributed by atoms with Crippen molar-refractivity contribution in [3.63, 3.8) is 0 Å². The summed E-state index contributed by atoms with van der Waals surface area (Å²) in [5.74, 6) is 1.49. The molecule has 0 spiro atoms. The summed E-state index contributed by atoms with van der Waals surface area (Å²) in [5, 5.41) is 4.67. The molecule has 0 radical (unpaired) electrons. The number of pyridine rings is 1. The van der Waals surface area contributed by atoms with Gasteiger partial charge in [-0.25, -0.2) is 4.68 Å². The largest absolute Gasteiger partial charge is 0.491 e. The molecule has 110 valence electrons. The number of aromatic nitrogens is 3. The van der Waals surface area contributed by atoms with Crippen LogP contribution in [-0.4, -0.2) is 21.4 Å². The highest BCUT2D eigenvalue weighted by Crippen LogP contribution is 2.32. The number of anilines is 1. The quantitative estimate of drug-likeness (QED) is 0.788. The Kier molecular flexibility index (Phi) is 2.85. The van der Waals surface area contributed by atoms with E-state index < -0.39 is 0 Å². The number of rotatable bonds is 2. The average molecular weight is 292 g/mol. The first-order chi connectivity index (χ1) is 10.7. The van der Waals surface area contributed by atoms with E-state index in [2.05, 4.69) is 10.1 Å². The van der Waals surface area contributed by atoms with Crippen LogP contribution < -0.4 is 10.5 Å². The molecule has 0 saturated heterocycles. The highest BCUT2D eigenvalue weighted by Gasteiger charge is 2.19. The van der Waals surface area contributed by atoms with Crippen LogP contribution in [-0.2, 0) is 6.42 Å². The van der Waals surface area contributed by atoms with Gasteiger partial charge in [0.25, 0.3) is 0 Å². The minimum absolute atomic E-state index is 0.641. The first-order valence-electron chi connectivity index (χ1n) is 7.26. The van der Waals surface area contributed by atoms with E-state index in [0.717, 1.165) is 40.4 Å². The van der Waals surface area contributed by atoms with Crippen LogP contribution in [0.5, 0.6) is 5.75 Å². The molecule has 0 atom stereocenters. The van der Waals surface area contributed by atoms with Crippen LogP contribution in [0.4, 0.5) is 5.82 Å². The molecule has 5 nitrogen and oxygen atoms in total. The Labute approximate surface area is 128 Å². The van der Waals surface area contributed by atoms with E-state index in [1.165, 1.54) is 0 Å². The second-order valence-corrected chi connectivity index (χ2v) is 5.37. The summed E-state index contributed by atoms with van der Waals surface area (Å²) in [4.78, 5) is 4.47. The third kappa shape index (κ3) is 1.94. The highest BCUT2D eigenvalue weighted by molar-refractivity contribution is 5.70. The maximum atomic E-state index is 6.23. The maximum Gasteiger partial charge on any atom is 0.141 e. The van der Waals surface area contributed by atoms with Gasteiger partial charge in [-0.15, -0.1) is 0 Å². The van der Waals surface area contributed by atoms with E-state index in [4.69, 9.17) is 10.5 Å². The van der Waals surface area contributed by atoms with E-state index in [9.17, 15) is 0 Å². The van der Waals surface area contributed by atoms with Crippen LogP contribution >= 0.6 is 0 Å². The number of hydrogen-bond donors (Lipinski definition) is 1. The molecule has 0 saturated carbocycles. The van der Waals surface area contributed by atoms with Crippen molar-refractivity contribution in [3.05, 3.63) is 53.9 Å². The highest BCUT2D eigenvalue weighted by atomic mass is 16.5. The number of ether oxygens (including phenoxy) is 1. The summed E-state index contributed by atoms with van der Waals surface area (Å²) in [6.07, 6.45) is 2.72. The van der Waals surface area contributed by atoms with Gasteiger partial charge in [0.1, 0.15) is 11.6 Å². The molecule has 0 aliphatic carbocycles. The molecule has 2 N–H and O–H groups in total. The van der Waals surface area contributed by atoms with Gasteiger partial charge < -0.3 is 10.5 Å². The standard InChI is InChI=1S/C17H16N4O/c1-11-16(12-9-15-14(19-10-12)7-8-22-15)20-21(17(11)18)13-5-3-2-4-6-13/h2-6,9-10H,7-8,18H2,1H3. The minimum Gasteiger partial charge on any atom is -0.491 e. The van der Waals surface area contributed by atoms with Gasteiger partial charge in [-0.05, 0) is 25.1 Å². The van der Waals surface area contributed by atoms with Gasteiger partial charge in [0, 0.05) is 23.7 Å². The number of para-hydroxylation sites is 1. The van der Waals surface area contributed by atoms with E-state index in [0.29, 0.717) is 12.4 Å². The third-order valence-electron chi connectivity index (χ3n) is 3.97. The van der Waals surface area contributed by atoms with E-state index in [1.54, 1.807) is 4.68 Å². The van der Waals surface area contributed by atoms with Crippen molar-refractivity contribution in [2.24, 2.45) is 0 Å². The zero-order valence-electron chi connectivity index (χ0n) is 12.3. The summed E-state index contributed by atoms with van der Waals surface area (Å²) in [6.45, 7) is 2.68. The van der Waals surface area contributed by atoms with Gasteiger partial charge in [-0.1, -0.05) is 18.2 Å². The molecule has 4 rings (SSSR count). The number of hydrogen-bond acceptors (Lipinski definition) is 4. The Morgan fingerprint density at radius 3 is 2.86 bits per heavy atom. The van der Waals surface area contributed by atoms with Gasteiger partial charge in [-0.2, -0.15) is 5.10 Å². The van der Waals surface area contributed by atoms with Gasteiger partial charge >= 0.3 is 0 Å². The SMILES string of the molecule is Cc1c(-c2cnc3c(c2)OCC3)nn(-c2ccccc2)c1N. The van der Waals surface area contributed by atoms with Gasteiger partial charge in [0.05, 0.1) is 23.7 Å². The summed E-state index contributed by atoms with van der Waals surface area (Å²) in [7, 11) is 0. The zero-order chi connectivity index (χ0) is 15.1. The second-order valence-electron chi connectivity index (χ2n) is 5.37. The molecule has 1 aliphatic rings. The fraction of sp³-hybridized carbons (Fsp3) is 0.176. The Morgan fingerprint density at radius 2 is 2.05 bits per heavy atom. The van der Waals surface area contributed by atoms with Gasteiger partial charge in [0.2, 0.25) is 0 Å². The van der Waals surface area contributed by atoms with Crippen molar-refractivity contribution in [2.45, 2.75) is 13.3 Å². The first kappa shape index (κ1) is 12.9. The number of benzene rings is 1. The summed E-state index contributed by atoms with van der Waals surface area (Å²) < 4.78 is 7.36. The molecule has 0 unspecified atom stereocenters. The van der Waals surface area contributed by atoms with Crippen LogP contribution in [0.25, 0.3) is 16.9 Å². The predicted molar refractivity (Wildman–Crippen MR) is 85.1 cm³/mol. The van der Waals surface area contributed by atoms with Crippen LogP contribution in [0.3, 0.4) is 0 Å². The van der Waals surface area contributed by atoms with Crippen molar-refractivity contribution >= 4 is 5.82 Å². The van der Waals surface area contributed by atoms with Crippen LogP contribution in [0, 0.1) is 6.92 Å². The van der Waals surface area contributed by atoms with Crippen LogP contribution in [0.2, 0.25) is 0 Å². The molecule has 1 aromatic carbocycles. The topological polar surface area (TPSA) is 66.0 Å². The lowest BCUT2D eigenvalue weighted by atomic mass is 10.1. The molecule has 0 amide bonds. The van der Waals surface area contributed by atoms with Crippen molar-refractivity contribution in [2.75, 3.05) is 12.3 Å². The number of nitrogens with zero attached hydrogens (tertiary/aromatic N) is 3. The zero-order valence-corrected chi connectivity index (χ0v) is 12.3. The van der Waals surface area contributed by atoms with E-state index >= 15 is 0 Å². The molecular formula is C17H16N4O. The summed E-state index contributed by atoms with van der Waals surface area (Å²) in [6, 6.07) is 11.9. The summed E-state index contributed by atoms with van der Waals surface area (Å²) in [5.41, 5.74) is 10.9. The molecule has 0 bridgehead atoms.